The zero-order valence-electron chi connectivity index (χ0n) is 17.5. The summed E-state index contributed by atoms with van der Waals surface area (Å²) in [4.78, 5) is 12.1. The lowest BCUT2D eigenvalue weighted by Gasteiger charge is -2.10. The maximum atomic E-state index is 12.1. The molecule has 0 aromatic heterocycles. The van der Waals surface area contributed by atoms with E-state index in [9.17, 15) is 4.79 Å². The number of carbonyl (C=O) groups excluding carboxylic acids is 1. The molecule has 1 N–H and O–H groups in total. The van der Waals surface area contributed by atoms with Crippen LogP contribution in [-0.4, -0.2) is 18.7 Å². The summed E-state index contributed by atoms with van der Waals surface area (Å²) < 4.78 is 13.2. The van der Waals surface area contributed by atoms with Crippen molar-refractivity contribution in [1.82, 2.24) is 5.43 Å². The summed E-state index contributed by atoms with van der Waals surface area (Å²) in [5, 5.41) is 6.07. The molecule has 0 fully saturated rings. The Morgan fingerprint density at radius 1 is 0.909 bits per heavy atom. The second kappa shape index (κ2) is 11.1. The van der Waals surface area contributed by atoms with Gasteiger partial charge in [0.15, 0.2) is 6.61 Å². The fraction of sp³-hybridized carbons (Fsp3) is 0.0769. The number of hydrogen-bond donors (Lipinski definition) is 1. The van der Waals surface area contributed by atoms with E-state index < -0.39 is 0 Å². The molecule has 0 bridgehead atoms. The van der Waals surface area contributed by atoms with Crippen molar-refractivity contribution in [2.45, 2.75) is 6.61 Å². The van der Waals surface area contributed by atoms with Crippen LogP contribution in [0.25, 0.3) is 10.8 Å². The van der Waals surface area contributed by atoms with Crippen LogP contribution >= 0.6 is 31.9 Å². The van der Waals surface area contributed by atoms with Crippen LogP contribution in [0.1, 0.15) is 11.1 Å². The number of benzene rings is 4. The minimum atomic E-state index is -0.350. The summed E-state index contributed by atoms with van der Waals surface area (Å²) >= 11 is 7.02. The minimum Gasteiger partial charge on any atom is -0.489 e. The van der Waals surface area contributed by atoms with Crippen LogP contribution in [-0.2, 0) is 11.4 Å². The number of nitrogens with one attached hydrogen (secondary N) is 1. The van der Waals surface area contributed by atoms with Crippen molar-refractivity contribution in [3.8, 4) is 11.5 Å². The Balaban J connectivity index is 1.25. The molecule has 4 rings (SSSR count). The van der Waals surface area contributed by atoms with Gasteiger partial charge in [-0.05, 0) is 80.3 Å². The smallest absolute Gasteiger partial charge is 0.277 e. The second-order valence-corrected chi connectivity index (χ2v) is 8.88. The third kappa shape index (κ3) is 6.43. The zero-order chi connectivity index (χ0) is 23.0. The molecule has 0 aliphatic rings. The van der Waals surface area contributed by atoms with E-state index in [1.807, 2.05) is 84.9 Å². The highest BCUT2D eigenvalue weighted by Gasteiger charge is 2.09. The Hall–Kier alpha value is -3.16. The van der Waals surface area contributed by atoms with Crippen molar-refractivity contribution in [2.24, 2.45) is 5.10 Å². The number of amides is 1. The number of rotatable bonds is 8. The summed E-state index contributed by atoms with van der Waals surface area (Å²) in [6.45, 7) is 0.361. The molecule has 4 aromatic carbocycles. The van der Waals surface area contributed by atoms with Crippen molar-refractivity contribution < 1.29 is 14.3 Å². The molecule has 0 spiro atoms. The van der Waals surface area contributed by atoms with Gasteiger partial charge >= 0.3 is 0 Å². The molecule has 5 nitrogen and oxygen atoms in total. The van der Waals surface area contributed by atoms with Crippen LogP contribution in [0.15, 0.2) is 99.0 Å². The fourth-order valence-electron chi connectivity index (χ4n) is 3.10. The Morgan fingerprint density at radius 3 is 2.48 bits per heavy atom. The Morgan fingerprint density at radius 2 is 1.70 bits per heavy atom. The van der Waals surface area contributed by atoms with E-state index in [-0.39, 0.29) is 12.5 Å². The van der Waals surface area contributed by atoms with E-state index in [4.69, 9.17) is 9.47 Å². The first-order valence-electron chi connectivity index (χ1n) is 10.2. The van der Waals surface area contributed by atoms with E-state index >= 15 is 0 Å². The Bertz CT molecular complexity index is 1280. The molecule has 7 heteroatoms. The molecule has 0 radical (unpaired) electrons. The lowest BCUT2D eigenvalue weighted by Crippen LogP contribution is -2.24. The number of hydrazone groups is 1. The third-order valence-electron chi connectivity index (χ3n) is 4.77. The first-order chi connectivity index (χ1) is 16.1. The number of carbonyl (C=O) groups is 1. The van der Waals surface area contributed by atoms with Gasteiger partial charge in [-0.1, -0.05) is 58.4 Å². The molecular formula is C26H20Br2N2O3. The number of fused-ring (bicyclic) bond motifs is 1. The molecule has 0 heterocycles. The van der Waals surface area contributed by atoms with Gasteiger partial charge in [-0.25, -0.2) is 5.43 Å². The van der Waals surface area contributed by atoms with Gasteiger partial charge in [0.25, 0.3) is 5.91 Å². The fourth-order valence-corrected chi connectivity index (χ4v) is 4.09. The van der Waals surface area contributed by atoms with Crippen LogP contribution in [0.2, 0.25) is 0 Å². The van der Waals surface area contributed by atoms with Gasteiger partial charge in [0.05, 0.1) is 10.7 Å². The summed E-state index contributed by atoms with van der Waals surface area (Å²) in [5.74, 6) is 1.01. The van der Waals surface area contributed by atoms with Gasteiger partial charge in [-0.2, -0.15) is 5.10 Å². The van der Waals surface area contributed by atoms with E-state index in [0.717, 1.165) is 36.6 Å². The maximum absolute atomic E-state index is 12.1. The number of hydrogen-bond acceptors (Lipinski definition) is 4. The van der Waals surface area contributed by atoms with E-state index in [1.54, 1.807) is 6.21 Å². The van der Waals surface area contributed by atoms with Crippen LogP contribution in [0.5, 0.6) is 11.5 Å². The molecular weight excluding hydrogens is 548 g/mol. The Labute approximate surface area is 208 Å². The molecule has 0 saturated carbocycles. The Kier molecular flexibility index (Phi) is 7.75. The normalized spacial score (nSPS) is 11.0. The summed E-state index contributed by atoms with van der Waals surface area (Å²) in [7, 11) is 0. The minimum absolute atomic E-state index is 0.149. The van der Waals surface area contributed by atoms with Gasteiger partial charge in [-0.3, -0.25) is 4.79 Å². The lowest BCUT2D eigenvalue weighted by molar-refractivity contribution is -0.123. The summed E-state index contributed by atoms with van der Waals surface area (Å²) in [6.07, 6.45) is 1.57. The predicted octanol–water partition coefficient (Wildman–Crippen LogP) is 6.47. The van der Waals surface area contributed by atoms with Crippen LogP contribution in [0.3, 0.4) is 0 Å². The molecule has 0 atom stereocenters. The molecule has 0 unspecified atom stereocenters. The van der Waals surface area contributed by atoms with Gasteiger partial charge in [-0.15, -0.1) is 0 Å². The largest absolute Gasteiger partial charge is 0.489 e. The van der Waals surface area contributed by atoms with Crippen LogP contribution < -0.4 is 14.9 Å². The van der Waals surface area contributed by atoms with Crippen LogP contribution in [0.4, 0.5) is 0 Å². The number of nitrogens with zero attached hydrogens (tertiary/aromatic N) is 1. The van der Waals surface area contributed by atoms with Crippen molar-refractivity contribution in [3.63, 3.8) is 0 Å². The molecule has 166 valence electrons. The highest BCUT2D eigenvalue weighted by molar-refractivity contribution is 9.11. The van der Waals surface area contributed by atoms with Gasteiger partial charge in [0.1, 0.15) is 18.1 Å². The van der Waals surface area contributed by atoms with Gasteiger partial charge < -0.3 is 9.47 Å². The quantitative estimate of drug-likeness (QED) is 0.196. The van der Waals surface area contributed by atoms with Gasteiger partial charge in [0.2, 0.25) is 0 Å². The van der Waals surface area contributed by atoms with E-state index in [2.05, 4.69) is 42.4 Å². The molecule has 0 aliphatic carbocycles. The molecule has 0 aliphatic heterocycles. The number of halogens is 2. The second-order valence-electron chi connectivity index (χ2n) is 7.17. The topological polar surface area (TPSA) is 59.9 Å². The SMILES string of the molecule is O=C(COc1ccc2cc(Br)ccc2c1Br)NN=Cc1ccc(OCc2ccccc2)cc1. The summed E-state index contributed by atoms with van der Waals surface area (Å²) in [5.41, 5.74) is 4.43. The first kappa shape index (κ1) is 23.0. The molecule has 1 amide bonds. The molecule has 33 heavy (non-hydrogen) atoms. The van der Waals surface area contributed by atoms with Crippen molar-refractivity contribution in [3.05, 3.63) is 105 Å². The van der Waals surface area contributed by atoms with E-state index in [0.29, 0.717) is 12.4 Å². The van der Waals surface area contributed by atoms with Crippen molar-refractivity contribution >= 4 is 54.8 Å². The highest BCUT2D eigenvalue weighted by atomic mass is 79.9. The average Bonchev–Trinajstić information content (AvgIpc) is 2.84. The standard InChI is InChI=1S/C26H20Br2N2O3/c27-21-9-12-23-20(14-21)8-13-24(26(23)28)33-17-25(31)30-29-15-18-6-10-22(11-7-18)32-16-19-4-2-1-3-5-19/h1-15H,16-17H2,(H,30,31). The lowest BCUT2D eigenvalue weighted by atomic mass is 10.1. The number of ether oxygens (including phenoxy) is 2. The highest BCUT2D eigenvalue weighted by Crippen LogP contribution is 2.34. The van der Waals surface area contributed by atoms with Crippen LogP contribution in [0, 0.1) is 0 Å². The van der Waals surface area contributed by atoms with E-state index in [1.165, 1.54) is 0 Å². The first-order valence-corrected chi connectivity index (χ1v) is 11.8. The molecule has 4 aromatic rings. The third-order valence-corrected chi connectivity index (χ3v) is 6.08. The maximum Gasteiger partial charge on any atom is 0.277 e. The van der Waals surface area contributed by atoms with Crippen molar-refractivity contribution in [1.29, 1.82) is 0 Å². The zero-order valence-corrected chi connectivity index (χ0v) is 20.7. The monoisotopic (exact) mass is 566 g/mol. The van der Waals surface area contributed by atoms with Gasteiger partial charge in [0, 0.05) is 4.47 Å². The molecule has 0 saturated heterocycles. The average molecular weight is 568 g/mol. The summed E-state index contributed by atoms with van der Waals surface area (Å²) in [6, 6.07) is 27.2. The predicted molar refractivity (Wildman–Crippen MR) is 138 cm³/mol. The van der Waals surface area contributed by atoms with Crippen molar-refractivity contribution in [2.75, 3.05) is 6.61 Å².